The van der Waals surface area contributed by atoms with Crippen molar-refractivity contribution in [3.05, 3.63) is 30.2 Å². The lowest BCUT2D eigenvalue weighted by atomic mass is 9.95. The molecule has 0 aromatic carbocycles. The molecule has 0 aliphatic carbocycles. The molecule has 1 atom stereocenters. The van der Waals surface area contributed by atoms with Crippen LogP contribution in [0.4, 0.5) is 0 Å². The Morgan fingerprint density at radius 2 is 2.28 bits per heavy atom. The number of nitrogens with one attached hydrogen (secondary N) is 1. The molecule has 0 bridgehead atoms. The normalized spacial score (nSPS) is 18.0. The summed E-state index contributed by atoms with van der Waals surface area (Å²) in [6.45, 7) is 2.26. The molecule has 1 fully saturated rings. The van der Waals surface area contributed by atoms with E-state index < -0.39 is 0 Å². The molecule has 8 nitrogen and oxygen atoms in total. The zero-order chi connectivity index (χ0) is 16.9. The maximum Gasteiger partial charge on any atom is 0.217 e. The van der Waals surface area contributed by atoms with Crippen molar-refractivity contribution in [2.45, 2.75) is 25.8 Å². The van der Waals surface area contributed by atoms with Crippen LogP contribution in [0.3, 0.4) is 0 Å². The van der Waals surface area contributed by atoms with Crippen molar-refractivity contribution in [2.75, 3.05) is 20.1 Å². The number of nitrogens with zero attached hydrogens (tertiary/aromatic N) is 5. The smallest absolute Gasteiger partial charge is 0.217 e. The maximum absolute atomic E-state index is 11.2. The van der Waals surface area contributed by atoms with Gasteiger partial charge in [0.25, 0.3) is 0 Å². The van der Waals surface area contributed by atoms with Crippen LogP contribution in [0.1, 0.15) is 25.1 Å². The number of carbonyl (C=O) groups is 1. The van der Waals surface area contributed by atoms with Gasteiger partial charge in [-0.2, -0.15) is 0 Å². The molecule has 3 heterocycles. The molecule has 1 saturated heterocycles. The van der Waals surface area contributed by atoms with E-state index in [-0.39, 0.29) is 29.9 Å². The first-order valence-electron chi connectivity index (χ1n) is 8.20. The van der Waals surface area contributed by atoms with Crippen LogP contribution in [0.15, 0.2) is 29.4 Å². The first-order valence-corrected chi connectivity index (χ1v) is 8.20. The van der Waals surface area contributed by atoms with E-state index in [1.165, 1.54) is 0 Å². The third kappa shape index (κ3) is 4.80. The second kappa shape index (κ2) is 8.97. The van der Waals surface area contributed by atoms with E-state index in [2.05, 4.69) is 25.4 Å². The number of piperidine rings is 1. The maximum atomic E-state index is 11.2. The number of halogens is 1. The number of fused-ring (bicyclic) bond motifs is 1. The molecule has 0 spiro atoms. The van der Waals surface area contributed by atoms with Crippen LogP contribution in [0, 0.1) is 5.92 Å². The fraction of sp³-hybridized carbons (Fsp3) is 0.500. The summed E-state index contributed by atoms with van der Waals surface area (Å²) in [7, 11) is 1.77. The van der Waals surface area contributed by atoms with Gasteiger partial charge in [0.2, 0.25) is 5.91 Å². The molecule has 1 unspecified atom stereocenters. The number of aliphatic imine (C=N–C) groups is 1. The first-order chi connectivity index (χ1) is 11.7. The second-order valence-corrected chi connectivity index (χ2v) is 6.07. The molecule has 1 amide bonds. The summed E-state index contributed by atoms with van der Waals surface area (Å²) in [4.78, 5) is 17.7. The third-order valence-corrected chi connectivity index (χ3v) is 4.31. The number of nitrogens with two attached hydrogens (primary N) is 1. The van der Waals surface area contributed by atoms with Gasteiger partial charge in [-0.05, 0) is 30.9 Å². The fourth-order valence-corrected chi connectivity index (χ4v) is 3.21. The lowest BCUT2D eigenvalue weighted by Crippen LogP contribution is -2.47. The molecule has 1 aliphatic rings. The summed E-state index contributed by atoms with van der Waals surface area (Å²) in [6.07, 6.45) is 4.44. The zero-order valence-corrected chi connectivity index (χ0v) is 16.6. The summed E-state index contributed by atoms with van der Waals surface area (Å²) >= 11 is 0. The van der Waals surface area contributed by atoms with E-state index in [0.29, 0.717) is 18.9 Å². The van der Waals surface area contributed by atoms with Gasteiger partial charge in [0.15, 0.2) is 17.4 Å². The van der Waals surface area contributed by atoms with Crippen LogP contribution in [0.25, 0.3) is 5.65 Å². The number of amides is 1. The fourth-order valence-electron chi connectivity index (χ4n) is 3.21. The average molecular weight is 457 g/mol. The molecule has 3 N–H and O–H groups in total. The van der Waals surface area contributed by atoms with Crippen molar-refractivity contribution < 1.29 is 4.79 Å². The Labute approximate surface area is 163 Å². The average Bonchev–Trinajstić information content (AvgIpc) is 2.99. The highest BCUT2D eigenvalue weighted by Crippen LogP contribution is 2.19. The summed E-state index contributed by atoms with van der Waals surface area (Å²) < 4.78 is 1.95. The first kappa shape index (κ1) is 19.4. The van der Waals surface area contributed by atoms with Crippen molar-refractivity contribution >= 4 is 41.5 Å². The number of pyridine rings is 1. The minimum absolute atomic E-state index is 0. The number of primary amides is 1. The molecule has 0 saturated carbocycles. The second-order valence-electron chi connectivity index (χ2n) is 6.07. The van der Waals surface area contributed by atoms with E-state index in [9.17, 15) is 4.79 Å². The van der Waals surface area contributed by atoms with Crippen LogP contribution in [0.2, 0.25) is 0 Å². The van der Waals surface area contributed by atoms with Crippen LogP contribution in [0.5, 0.6) is 0 Å². The van der Waals surface area contributed by atoms with Gasteiger partial charge in [0, 0.05) is 32.8 Å². The van der Waals surface area contributed by atoms with E-state index >= 15 is 0 Å². The molecule has 2 aromatic rings. The zero-order valence-electron chi connectivity index (χ0n) is 14.3. The number of rotatable bonds is 4. The largest absolute Gasteiger partial charge is 0.370 e. The molecule has 9 heteroatoms. The van der Waals surface area contributed by atoms with Crippen molar-refractivity contribution in [3.63, 3.8) is 0 Å². The Morgan fingerprint density at radius 1 is 1.44 bits per heavy atom. The lowest BCUT2D eigenvalue weighted by Gasteiger charge is -2.34. The Balaban J connectivity index is 0.00000225. The van der Waals surface area contributed by atoms with Gasteiger partial charge in [-0.3, -0.25) is 14.2 Å². The Kier molecular flexibility index (Phi) is 6.97. The summed E-state index contributed by atoms with van der Waals surface area (Å²) in [5.74, 6) is 1.71. The van der Waals surface area contributed by atoms with Crippen LogP contribution in [-0.4, -0.2) is 51.5 Å². The van der Waals surface area contributed by atoms with Gasteiger partial charge >= 0.3 is 0 Å². The summed E-state index contributed by atoms with van der Waals surface area (Å²) in [5.41, 5.74) is 6.15. The number of hydrogen-bond donors (Lipinski definition) is 2. The third-order valence-electron chi connectivity index (χ3n) is 4.31. The highest BCUT2D eigenvalue weighted by molar-refractivity contribution is 14.0. The predicted octanol–water partition coefficient (Wildman–Crippen LogP) is 1.01. The molecule has 136 valence electrons. The van der Waals surface area contributed by atoms with Crippen LogP contribution >= 0.6 is 24.0 Å². The quantitative estimate of drug-likeness (QED) is 0.406. The number of guanidine groups is 1. The SMILES string of the molecule is CN=C(NCc1nnc2ccccn12)N1CCCC(CC(N)=O)C1.I. The van der Waals surface area contributed by atoms with Crippen molar-refractivity contribution in [2.24, 2.45) is 16.6 Å². The van der Waals surface area contributed by atoms with E-state index in [0.717, 1.165) is 43.4 Å². The molecule has 1 aliphatic heterocycles. The Hall–Kier alpha value is -1.91. The number of aromatic nitrogens is 3. The topological polar surface area (TPSA) is 101 Å². The van der Waals surface area contributed by atoms with Crippen molar-refractivity contribution in [1.29, 1.82) is 0 Å². The van der Waals surface area contributed by atoms with Gasteiger partial charge in [-0.15, -0.1) is 34.2 Å². The van der Waals surface area contributed by atoms with Crippen molar-refractivity contribution in [3.8, 4) is 0 Å². The number of hydrogen-bond acceptors (Lipinski definition) is 4. The Bertz CT molecular complexity index is 745. The predicted molar refractivity (Wildman–Crippen MR) is 107 cm³/mol. The number of likely N-dealkylation sites (tertiary alicyclic amines) is 1. The van der Waals surface area contributed by atoms with E-state index in [1.54, 1.807) is 7.05 Å². The van der Waals surface area contributed by atoms with Gasteiger partial charge < -0.3 is 16.0 Å². The minimum Gasteiger partial charge on any atom is -0.370 e. The van der Waals surface area contributed by atoms with Gasteiger partial charge in [0.1, 0.15) is 0 Å². The summed E-state index contributed by atoms with van der Waals surface area (Å²) in [6, 6.07) is 5.81. The van der Waals surface area contributed by atoms with Crippen molar-refractivity contribution in [1.82, 2.24) is 24.8 Å². The van der Waals surface area contributed by atoms with Crippen LogP contribution in [-0.2, 0) is 11.3 Å². The minimum atomic E-state index is -0.236. The molecular formula is C16H24IN7O. The van der Waals surface area contributed by atoms with Gasteiger partial charge in [0.05, 0.1) is 6.54 Å². The van der Waals surface area contributed by atoms with Crippen LogP contribution < -0.4 is 11.1 Å². The van der Waals surface area contributed by atoms with Gasteiger partial charge in [-0.25, -0.2) is 0 Å². The molecule has 25 heavy (non-hydrogen) atoms. The molecule has 3 rings (SSSR count). The standard InChI is InChI=1S/C16H23N7O.HI/c1-18-16(22-7-4-5-12(11-22)9-13(17)24)19-10-15-21-20-14-6-2-3-8-23(14)15;/h2-3,6,8,12H,4-5,7,9-11H2,1H3,(H2,17,24)(H,18,19);1H. The molecule has 0 radical (unpaired) electrons. The summed E-state index contributed by atoms with van der Waals surface area (Å²) in [5, 5.41) is 11.7. The lowest BCUT2D eigenvalue weighted by molar-refractivity contribution is -0.119. The monoisotopic (exact) mass is 457 g/mol. The molecular weight excluding hydrogens is 433 g/mol. The van der Waals surface area contributed by atoms with Gasteiger partial charge in [-0.1, -0.05) is 6.07 Å². The highest BCUT2D eigenvalue weighted by Gasteiger charge is 2.23. The Morgan fingerprint density at radius 3 is 3.04 bits per heavy atom. The number of carbonyl (C=O) groups excluding carboxylic acids is 1. The van der Waals surface area contributed by atoms with E-state index in [1.807, 2.05) is 28.8 Å². The van der Waals surface area contributed by atoms with E-state index in [4.69, 9.17) is 5.73 Å². The highest BCUT2D eigenvalue weighted by atomic mass is 127. The molecule has 2 aromatic heterocycles.